The monoisotopic (exact) mass is 414 g/mol. The molecule has 3 atom stereocenters. The molecule has 8 heteroatoms. The quantitative estimate of drug-likeness (QED) is 0.552. The molecule has 1 N–H and O–H groups in total. The van der Waals surface area contributed by atoms with E-state index in [0.717, 1.165) is 4.90 Å². The summed E-state index contributed by atoms with van der Waals surface area (Å²) in [6, 6.07) is -1.26. The lowest BCUT2D eigenvalue weighted by molar-refractivity contribution is -0.182. The number of fused-ring (bicyclic) bond motifs is 1. The van der Waals surface area contributed by atoms with Crippen LogP contribution in [0.5, 0.6) is 0 Å². The van der Waals surface area contributed by atoms with Gasteiger partial charge in [-0.25, -0.2) is 0 Å². The Hall–Kier alpha value is -1.86. The lowest BCUT2D eigenvalue weighted by atomic mass is 9.85. The molecule has 0 unspecified atom stereocenters. The number of alkyl halides is 3. The minimum absolute atomic E-state index is 0.0132. The highest BCUT2D eigenvalue weighted by molar-refractivity contribution is 6.08. The van der Waals surface area contributed by atoms with Crippen molar-refractivity contribution < 1.29 is 27.6 Å². The van der Waals surface area contributed by atoms with Crippen molar-refractivity contribution in [2.75, 3.05) is 0 Å². The third-order valence-electron chi connectivity index (χ3n) is 6.39. The minimum Gasteiger partial charge on any atom is -0.352 e. The molecule has 1 heterocycles. The fourth-order valence-electron chi connectivity index (χ4n) is 4.77. The summed E-state index contributed by atoms with van der Waals surface area (Å²) in [5.74, 6) is -3.08. The summed E-state index contributed by atoms with van der Waals surface area (Å²) in [6.07, 6.45) is 1.41. The van der Waals surface area contributed by atoms with Gasteiger partial charge < -0.3 is 5.32 Å². The van der Waals surface area contributed by atoms with Crippen molar-refractivity contribution in [3.05, 3.63) is 12.2 Å². The van der Waals surface area contributed by atoms with Crippen molar-refractivity contribution in [3.8, 4) is 0 Å². The Morgan fingerprint density at radius 1 is 1.07 bits per heavy atom. The van der Waals surface area contributed by atoms with Gasteiger partial charge in [-0.05, 0) is 50.9 Å². The number of carbonyl (C=O) groups excluding carboxylic acids is 3. The smallest absolute Gasteiger partial charge is 0.352 e. The highest BCUT2D eigenvalue weighted by atomic mass is 19.4. The maximum atomic E-state index is 13.0. The van der Waals surface area contributed by atoms with Crippen LogP contribution in [0.25, 0.3) is 0 Å². The molecule has 162 valence electrons. The second-order valence-corrected chi connectivity index (χ2v) is 8.95. The molecule has 3 rings (SSSR count). The van der Waals surface area contributed by atoms with Crippen LogP contribution in [-0.4, -0.2) is 40.9 Å². The van der Waals surface area contributed by atoms with Crippen molar-refractivity contribution >= 4 is 17.7 Å². The molecule has 3 amide bonds. The minimum atomic E-state index is -4.20. The standard InChI is InChI=1S/C21H29F3N2O3/c1-12(2)11-17(26-19(28)15-5-3-4-6-16(15)20(26)29)18(27)25-14-9-7-13(8-10-14)21(22,23)24/h3-4,12-17H,5-11H2,1-2H3,(H,25,27)/t13?,14?,15-,16+,17-/m1/s1. The Morgan fingerprint density at radius 3 is 2.03 bits per heavy atom. The Bertz CT molecular complexity index is 655. The molecular formula is C21H29F3N2O3. The predicted molar refractivity (Wildman–Crippen MR) is 100 cm³/mol. The van der Waals surface area contributed by atoms with Crippen molar-refractivity contribution in [1.82, 2.24) is 10.2 Å². The van der Waals surface area contributed by atoms with Crippen LogP contribution in [-0.2, 0) is 14.4 Å². The van der Waals surface area contributed by atoms with E-state index >= 15 is 0 Å². The Kier molecular flexibility index (Phi) is 6.39. The fourth-order valence-corrected chi connectivity index (χ4v) is 4.77. The lowest BCUT2D eigenvalue weighted by Gasteiger charge is -2.33. The van der Waals surface area contributed by atoms with E-state index in [0.29, 0.717) is 19.3 Å². The first kappa shape index (κ1) is 21.8. The molecule has 0 aromatic heterocycles. The molecule has 0 aromatic carbocycles. The average Bonchev–Trinajstić information content (AvgIpc) is 2.90. The molecule has 1 saturated carbocycles. The summed E-state index contributed by atoms with van der Waals surface area (Å²) >= 11 is 0. The summed E-state index contributed by atoms with van der Waals surface area (Å²) in [7, 11) is 0. The average molecular weight is 414 g/mol. The van der Waals surface area contributed by atoms with Crippen LogP contribution >= 0.6 is 0 Å². The van der Waals surface area contributed by atoms with Crippen molar-refractivity contribution in [2.24, 2.45) is 23.7 Å². The second kappa shape index (κ2) is 8.48. The van der Waals surface area contributed by atoms with Crippen LogP contribution in [0, 0.1) is 23.7 Å². The van der Waals surface area contributed by atoms with Gasteiger partial charge in [0.25, 0.3) is 0 Å². The number of halogens is 3. The highest BCUT2D eigenvalue weighted by Gasteiger charge is 2.51. The molecule has 2 fully saturated rings. The second-order valence-electron chi connectivity index (χ2n) is 8.95. The number of carbonyl (C=O) groups is 3. The number of amides is 3. The molecule has 0 aromatic rings. The van der Waals surface area contributed by atoms with E-state index in [1.165, 1.54) is 0 Å². The van der Waals surface area contributed by atoms with Crippen LogP contribution in [0.15, 0.2) is 12.2 Å². The van der Waals surface area contributed by atoms with Crippen LogP contribution in [0.3, 0.4) is 0 Å². The van der Waals surface area contributed by atoms with E-state index in [4.69, 9.17) is 0 Å². The number of imide groups is 1. The number of likely N-dealkylation sites (tertiary alicyclic amines) is 1. The summed E-state index contributed by atoms with van der Waals surface area (Å²) in [5, 5.41) is 2.83. The van der Waals surface area contributed by atoms with E-state index in [2.05, 4.69) is 5.32 Å². The van der Waals surface area contributed by atoms with Gasteiger partial charge in [0.2, 0.25) is 17.7 Å². The molecule has 2 aliphatic carbocycles. The first-order valence-electron chi connectivity index (χ1n) is 10.5. The molecule has 1 saturated heterocycles. The highest BCUT2D eigenvalue weighted by Crippen LogP contribution is 2.39. The first-order chi connectivity index (χ1) is 13.6. The van der Waals surface area contributed by atoms with Crippen LogP contribution in [0.1, 0.15) is 58.8 Å². The Balaban J connectivity index is 1.68. The van der Waals surface area contributed by atoms with E-state index in [9.17, 15) is 27.6 Å². The van der Waals surface area contributed by atoms with Crippen LogP contribution in [0.2, 0.25) is 0 Å². The number of rotatable bonds is 5. The predicted octanol–water partition coefficient (Wildman–Crippen LogP) is 3.59. The van der Waals surface area contributed by atoms with E-state index in [1.54, 1.807) is 0 Å². The van der Waals surface area contributed by atoms with Crippen molar-refractivity contribution in [3.63, 3.8) is 0 Å². The topological polar surface area (TPSA) is 66.5 Å². The van der Waals surface area contributed by atoms with Gasteiger partial charge in [0.1, 0.15) is 6.04 Å². The number of nitrogens with one attached hydrogen (secondary N) is 1. The fraction of sp³-hybridized carbons (Fsp3) is 0.762. The van der Waals surface area contributed by atoms with Crippen LogP contribution < -0.4 is 5.32 Å². The van der Waals surface area contributed by atoms with E-state index < -0.39 is 35.9 Å². The van der Waals surface area contributed by atoms with Gasteiger partial charge in [-0.15, -0.1) is 0 Å². The molecule has 0 spiro atoms. The molecule has 29 heavy (non-hydrogen) atoms. The SMILES string of the molecule is CC(C)C[C@H](C(=O)NC1CCC(C(F)(F)F)CC1)N1C(=O)[C@H]2CC=CC[C@H]2C1=O. The zero-order valence-electron chi connectivity index (χ0n) is 16.9. The van der Waals surface area contributed by atoms with Crippen molar-refractivity contribution in [1.29, 1.82) is 0 Å². The third kappa shape index (κ3) is 4.67. The number of allylic oxidation sites excluding steroid dienone is 2. The van der Waals surface area contributed by atoms with Gasteiger partial charge in [-0.2, -0.15) is 13.2 Å². The molecular weight excluding hydrogens is 385 g/mol. The van der Waals surface area contributed by atoms with Gasteiger partial charge in [0.05, 0.1) is 17.8 Å². The number of hydrogen-bond acceptors (Lipinski definition) is 3. The normalized spacial score (nSPS) is 31.2. The maximum absolute atomic E-state index is 13.0. The van der Waals surface area contributed by atoms with Crippen molar-refractivity contribution in [2.45, 2.75) is 77.1 Å². The zero-order valence-corrected chi connectivity index (χ0v) is 16.9. The lowest BCUT2D eigenvalue weighted by Crippen LogP contribution is -2.53. The summed E-state index contributed by atoms with van der Waals surface area (Å²) in [5.41, 5.74) is 0. The van der Waals surface area contributed by atoms with Gasteiger partial charge in [0, 0.05) is 6.04 Å². The summed E-state index contributed by atoms with van der Waals surface area (Å²) < 4.78 is 38.6. The zero-order chi connectivity index (χ0) is 21.3. The Labute approximate surface area is 169 Å². The molecule has 0 radical (unpaired) electrons. The van der Waals surface area contributed by atoms with E-state index in [1.807, 2.05) is 26.0 Å². The Morgan fingerprint density at radius 2 is 1.59 bits per heavy atom. The molecule has 5 nitrogen and oxygen atoms in total. The number of hydrogen-bond donors (Lipinski definition) is 1. The van der Waals surface area contributed by atoms with Gasteiger partial charge in [-0.1, -0.05) is 26.0 Å². The summed E-state index contributed by atoms with van der Waals surface area (Å²) in [6.45, 7) is 3.82. The number of nitrogens with zero attached hydrogens (tertiary/aromatic N) is 1. The molecule has 0 bridgehead atoms. The van der Waals surface area contributed by atoms with Gasteiger partial charge >= 0.3 is 6.18 Å². The molecule has 1 aliphatic heterocycles. The maximum Gasteiger partial charge on any atom is 0.391 e. The third-order valence-corrected chi connectivity index (χ3v) is 6.39. The van der Waals surface area contributed by atoms with Gasteiger partial charge in [-0.3, -0.25) is 19.3 Å². The molecule has 3 aliphatic rings. The summed E-state index contributed by atoms with van der Waals surface area (Å²) in [4.78, 5) is 39.9. The van der Waals surface area contributed by atoms with E-state index in [-0.39, 0.29) is 49.5 Å². The van der Waals surface area contributed by atoms with Crippen LogP contribution in [0.4, 0.5) is 13.2 Å². The van der Waals surface area contributed by atoms with Gasteiger partial charge in [0.15, 0.2) is 0 Å². The first-order valence-corrected chi connectivity index (χ1v) is 10.5. The largest absolute Gasteiger partial charge is 0.391 e.